The smallest absolute Gasteiger partial charge is 0.137 e. The number of hydrogen-bond donors (Lipinski definition) is 0. The summed E-state index contributed by atoms with van der Waals surface area (Å²) in [5.41, 5.74) is 0.887. The molecule has 0 aromatic heterocycles. The average Bonchev–Trinajstić information content (AvgIpc) is 2.84. The van der Waals surface area contributed by atoms with E-state index in [1.54, 1.807) is 0 Å². The number of carbonyl (C=O) groups is 1. The van der Waals surface area contributed by atoms with Gasteiger partial charge >= 0.3 is 0 Å². The number of carbonyl (C=O) groups excluding carboxylic acids is 1. The largest absolute Gasteiger partial charge is 0.299 e. The van der Waals surface area contributed by atoms with Crippen LogP contribution in [0.15, 0.2) is 0 Å². The molecule has 8 atom stereocenters. The summed E-state index contributed by atoms with van der Waals surface area (Å²) >= 11 is 0. The van der Waals surface area contributed by atoms with E-state index in [-0.39, 0.29) is 0 Å². The lowest BCUT2D eigenvalue weighted by molar-refractivity contribution is -0.126. The van der Waals surface area contributed by atoms with Gasteiger partial charge in [0, 0.05) is 12.3 Å². The molecule has 0 unspecified atom stereocenters. The summed E-state index contributed by atoms with van der Waals surface area (Å²) in [6.07, 6.45) is 13.6. The molecule has 148 valence electrons. The molecule has 0 N–H and O–H groups in total. The van der Waals surface area contributed by atoms with E-state index in [0.717, 1.165) is 24.2 Å². The highest BCUT2D eigenvalue weighted by Crippen LogP contribution is 2.67. The van der Waals surface area contributed by atoms with Gasteiger partial charge in [-0.1, -0.05) is 47.5 Å². The van der Waals surface area contributed by atoms with Gasteiger partial charge in [-0.2, -0.15) is 0 Å². The molecule has 4 aliphatic rings. The Balaban J connectivity index is 1.60. The summed E-state index contributed by atoms with van der Waals surface area (Å²) in [5.74, 6) is 5.65. The molecule has 0 heterocycles. The fourth-order valence-electron chi connectivity index (χ4n) is 8.97. The summed E-state index contributed by atoms with van der Waals surface area (Å²) in [6, 6.07) is 0. The summed E-state index contributed by atoms with van der Waals surface area (Å²) in [4.78, 5) is 13.2. The molecule has 0 bridgehead atoms. The van der Waals surface area contributed by atoms with E-state index in [0.29, 0.717) is 40.3 Å². The van der Waals surface area contributed by atoms with E-state index in [2.05, 4.69) is 34.6 Å². The summed E-state index contributed by atoms with van der Waals surface area (Å²) in [7, 11) is 0. The fraction of sp³-hybridized carbons (Fsp3) is 0.960. The third kappa shape index (κ3) is 2.74. The molecule has 0 amide bonds. The molecule has 1 nitrogen and oxygen atoms in total. The van der Waals surface area contributed by atoms with E-state index in [9.17, 15) is 4.79 Å². The minimum absolute atomic E-state index is 0.296. The predicted octanol–water partition coefficient (Wildman–Crippen LogP) is 6.90. The van der Waals surface area contributed by atoms with Crippen molar-refractivity contribution in [3.63, 3.8) is 0 Å². The zero-order chi connectivity index (χ0) is 18.7. The quantitative estimate of drug-likeness (QED) is 0.536. The maximum Gasteiger partial charge on any atom is 0.137 e. The minimum atomic E-state index is 0.296. The van der Waals surface area contributed by atoms with Gasteiger partial charge in [0.15, 0.2) is 0 Å². The van der Waals surface area contributed by atoms with E-state index >= 15 is 0 Å². The molecular formula is C25H42O. The molecule has 0 radical (unpaired) electrons. The Morgan fingerprint density at radius 3 is 2.42 bits per heavy atom. The second kappa shape index (κ2) is 6.63. The fourth-order valence-corrected chi connectivity index (χ4v) is 8.97. The van der Waals surface area contributed by atoms with Crippen molar-refractivity contribution in [2.75, 3.05) is 0 Å². The zero-order valence-electron chi connectivity index (χ0n) is 18.0. The number of Topliss-reactive ketones (excluding diaryl/α,β-unsaturated/α-hetero) is 1. The number of fused-ring (bicyclic) bond motifs is 5. The molecule has 4 aliphatic carbocycles. The summed E-state index contributed by atoms with van der Waals surface area (Å²) in [6.45, 7) is 12.2. The highest BCUT2D eigenvalue weighted by Gasteiger charge is 2.62. The van der Waals surface area contributed by atoms with Crippen molar-refractivity contribution in [1.82, 2.24) is 0 Å². The van der Waals surface area contributed by atoms with E-state index < -0.39 is 0 Å². The minimum Gasteiger partial charge on any atom is -0.299 e. The standard InChI is InChI=1S/C25H42O/c1-16(2)14-17(3)23-22(26)15-21-19-10-9-18-8-6-7-12-24(18,4)20(19)11-13-25(21,23)5/h16-21,23H,6-15H2,1-5H3/t17-,18-,19-,20+,21+,23+,24+,25+/m1/s1. The average molecular weight is 359 g/mol. The topological polar surface area (TPSA) is 17.1 Å². The Hall–Kier alpha value is -0.330. The molecule has 4 saturated carbocycles. The van der Waals surface area contributed by atoms with Crippen LogP contribution >= 0.6 is 0 Å². The predicted molar refractivity (Wildman–Crippen MR) is 109 cm³/mol. The third-order valence-corrected chi connectivity index (χ3v) is 9.91. The molecule has 4 rings (SSSR count). The molecule has 0 aliphatic heterocycles. The maximum absolute atomic E-state index is 13.2. The first kappa shape index (κ1) is 19.0. The highest BCUT2D eigenvalue weighted by atomic mass is 16.1. The van der Waals surface area contributed by atoms with Crippen LogP contribution in [0.4, 0.5) is 0 Å². The third-order valence-electron chi connectivity index (χ3n) is 9.91. The van der Waals surface area contributed by atoms with Gasteiger partial charge in [0.1, 0.15) is 5.78 Å². The van der Waals surface area contributed by atoms with Gasteiger partial charge in [-0.15, -0.1) is 0 Å². The Kier molecular flexibility index (Phi) is 4.84. The Morgan fingerprint density at radius 2 is 1.69 bits per heavy atom. The first-order valence-electron chi connectivity index (χ1n) is 11.8. The van der Waals surface area contributed by atoms with Crippen LogP contribution in [0.25, 0.3) is 0 Å². The normalized spacial score (nSPS) is 49.5. The van der Waals surface area contributed by atoms with Crippen molar-refractivity contribution in [3.05, 3.63) is 0 Å². The van der Waals surface area contributed by atoms with Crippen LogP contribution in [0.3, 0.4) is 0 Å². The second-order valence-corrected chi connectivity index (χ2v) is 11.7. The van der Waals surface area contributed by atoms with Crippen LogP contribution < -0.4 is 0 Å². The highest BCUT2D eigenvalue weighted by molar-refractivity contribution is 5.85. The second-order valence-electron chi connectivity index (χ2n) is 11.7. The van der Waals surface area contributed by atoms with Crippen molar-refractivity contribution in [3.8, 4) is 0 Å². The molecule has 26 heavy (non-hydrogen) atoms. The molecule has 1 heteroatoms. The number of rotatable bonds is 3. The van der Waals surface area contributed by atoms with Crippen molar-refractivity contribution >= 4 is 5.78 Å². The Labute approximate surface area is 162 Å². The van der Waals surface area contributed by atoms with E-state index in [4.69, 9.17) is 0 Å². The zero-order valence-corrected chi connectivity index (χ0v) is 18.0. The number of ketones is 1. The SMILES string of the molecule is CC(C)C[C@@H](C)[C@H]1C(=O)C[C@H]2[C@@H]3CC[C@H]4CCCC[C@]4(C)[C@H]3CC[C@]12C. The van der Waals surface area contributed by atoms with Crippen LogP contribution in [0.1, 0.15) is 98.8 Å². The monoisotopic (exact) mass is 358 g/mol. The molecule has 0 spiro atoms. The lowest BCUT2D eigenvalue weighted by Gasteiger charge is -2.60. The lowest BCUT2D eigenvalue weighted by atomic mass is 9.44. The van der Waals surface area contributed by atoms with Crippen molar-refractivity contribution < 1.29 is 4.79 Å². The van der Waals surface area contributed by atoms with Gasteiger partial charge in [-0.3, -0.25) is 4.79 Å². The molecular weight excluding hydrogens is 316 g/mol. The Morgan fingerprint density at radius 1 is 0.923 bits per heavy atom. The van der Waals surface area contributed by atoms with Gasteiger partial charge in [-0.25, -0.2) is 0 Å². The van der Waals surface area contributed by atoms with Crippen LogP contribution in [0.5, 0.6) is 0 Å². The molecule has 0 aromatic rings. The van der Waals surface area contributed by atoms with Gasteiger partial charge in [0.05, 0.1) is 0 Å². The van der Waals surface area contributed by atoms with Gasteiger partial charge < -0.3 is 0 Å². The van der Waals surface area contributed by atoms with Crippen LogP contribution in [0.2, 0.25) is 0 Å². The summed E-state index contributed by atoms with van der Waals surface area (Å²) < 4.78 is 0. The van der Waals surface area contributed by atoms with Crippen molar-refractivity contribution in [2.45, 2.75) is 98.8 Å². The molecule has 0 aromatic carbocycles. The van der Waals surface area contributed by atoms with Crippen LogP contribution in [-0.2, 0) is 4.79 Å². The van der Waals surface area contributed by atoms with E-state index in [1.165, 1.54) is 57.8 Å². The van der Waals surface area contributed by atoms with Gasteiger partial charge in [0.2, 0.25) is 0 Å². The van der Waals surface area contributed by atoms with Crippen LogP contribution in [-0.4, -0.2) is 5.78 Å². The van der Waals surface area contributed by atoms with Gasteiger partial charge in [0.25, 0.3) is 0 Å². The van der Waals surface area contributed by atoms with E-state index in [1.807, 2.05) is 0 Å². The molecule has 0 saturated heterocycles. The van der Waals surface area contributed by atoms with Crippen molar-refractivity contribution in [1.29, 1.82) is 0 Å². The van der Waals surface area contributed by atoms with Gasteiger partial charge in [-0.05, 0) is 91.3 Å². The van der Waals surface area contributed by atoms with Crippen molar-refractivity contribution in [2.24, 2.45) is 52.3 Å². The number of hydrogen-bond acceptors (Lipinski definition) is 1. The van der Waals surface area contributed by atoms with Crippen LogP contribution in [0, 0.1) is 52.3 Å². The Bertz CT molecular complexity index is 550. The first-order chi connectivity index (χ1) is 12.3. The molecule has 4 fully saturated rings. The maximum atomic E-state index is 13.2. The lowest BCUT2D eigenvalue weighted by Crippen LogP contribution is -2.53. The summed E-state index contributed by atoms with van der Waals surface area (Å²) in [5, 5.41) is 0. The first-order valence-corrected chi connectivity index (χ1v) is 11.8.